The molecule has 0 amide bonds. The summed E-state index contributed by atoms with van der Waals surface area (Å²) in [6.45, 7) is 2.91. The number of ether oxygens (including phenoxy) is 2. The van der Waals surface area contributed by atoms with Crippen LogP contribution in [0.3, 0.4) is 0 Å². The summed E-state index contributed by atoms with van der Waals surface area (Å²) in [6, 6.07) is 6.78. The number of aryl methyl sites for hydroxylation is 1. The maximum Gasteiger partial charge on any atom is 0.297 e. The van der Waals surface area contributed by atoms with Crippen LogP contribution in [0.2, 0.25) is 0 Å². The fourth-order valence-electron chi connectivity index (χ4n) is 3.98. The summed E-state index contributed by atoms with van der Waals surface area (Å²) in [5.41, 5.74) is 1.01. The molecule has 1 spiro atoms. The van der Waals surface area contributed by atoms with Gasteiger partial charge in [-0.05, 0) is 31.9 Å². The van der Waals surface area contributed by atoms with E-state index in [4.69, 9.17) is 13.7 Å². The van der Waals surface area contributed by atoms with Crippen LogP contribution in [0.15, 0.2) is 29.2 Å². The minimum absolute atomic E-state index is 0.187. The second kappa shape index (κ2) is 9.50. The van der Waals surface area contributed by atoms with Gasteiger partial charge >= 0.3 is 0 Å². The third-order valence-corrected chi connectivity index (χ3v) is 6.90. The van der Waals surface area contributed by atoms with Crippen LogP contribution in [-0.2, 0) is 23.8 Å². The van der Waals surface area contributed by atoms with Gasteiger partial charge in [0.2, 0.25) is 0 Å². The molecule has 1 aromatic rings. The van der Waals surface area contributed by atoms with Crippen LogP contribution in [0.5, 0.6) is 0 Å². The molecule has 152 valence electrons. The van der Waals surface area contributed by atoms with Gasteiger partial charge in [0.05, 0.1) is 18.1 Å². The first-order chi connectivity index (χ1) is 13.0. The highest BCUT2D eigenvalue weighted by molar-refractivity contribution is 7.86. The molecular weight excluding hydrogens is 364 g/mol. The highest BCUT2D eigenvalue weighted by Crippen LogP contribution is 2.36. The molecule has 1 unspecified atom stereocenters. The molecule has 3 rings (SSSR count). The smallest absolute Gasteiger partial charge is 0.297 e. The Labute approximate surface area is 163 Å². The Morgan fingerprint density at radius 2 is 1.44 bits per heavy atom. The fourth-order valence-corrected chi connectivity index (χ4v) is 5.11. The highest BCUT2D eigenvalue weighted by atomic mass is 32.2. The normalized spacial score (nSPS) is 25.0. The molecule has 1 atom stereocenters. The quantitative estimate of drug-likeness (QED) is 0.692. The van der Waals surface area contributed by atoms with Crippen molar-refractivity contribution in [2.24, 2.45) is 0 Å². The third-order valence-electron chi connectivity index (χ3n) is 5.56. The number of hydrogen-bond acceptors (Lipinski definition) is 5. The lowest BCUT2D eigenvalue weighted by molar-refractivity contribution is -0.218. The molecule has 1 aliphatic heterocycles. The van der Waals surface area contributed by atoms with Gasteiger partial charge in [-0.3, -0.25) is 4.18 Å². The molecule has 0 bridgehead atoms. The fraction of sp³-hybridized carbons (Fsp3) is 0.714. The molecule has 0 N–H and O–H groups in total. The van der Waals surface area contributed by atoms with E-state index in [1.54, 1.807) is 24.3 Å². The average molecular weight is 397 g/mol. The molecule has 1 saturated heterocycles. The summed E-state index contributed by atoms with van der Waals surface area (Å²) in [5, 5.41) is 0. The molecule has 0 radical (unpaired) electrons. The molecule has 1 saturated carbocycles. The van der Waals surface area contributed by atoms with E-state index in [1.807, 2.05) is 6.92 Å². The molecule has 2 aliphatic rings. The summed E-state index contributed by atoms with van der Waals surface area (Å²) in [7, 11) is -3.87. The van der Waals surface area contributed by atoms with Gasteiger partial charge in [0.25, 0.3) is 10.1 Å². The van der Waals surface area contributed by atoms with Crippen LogP contribution in [0, 0.1) is 6.92 Å². The summed E-state index contributed by atoms with van der Waals surface area (Å²) in [4.78, 5) is 0.187. The van der Waals surface area contributed by atoms with Crippen LogP contribution < -0.4 is 0 Å². The topological polar surface area (TPSA) is 61.8 Å². The third kappa shape index (κ3) is 5.53. The zero-order chi connectivity index (χ0) is 19.2. The lowest BCUT2D eigenvalue weighted by Gasteiger charge is -2.35. The molecule has 0 aromatic heterocycles. The van der Waals surface area contributed by atoms with Gasteiger partial charge < -0.3 is 9.47 Å². The lowest BCUT2D eigenvalue weighted by atomic mass is 9.95. The van der Waals surface area contributed by atoms with Crippen LogP contribution in [0.1, 0.15) is 69.8 Å². The predicted octanol–water partition coefficient (Wildman–Crippen LogP) is 4.73. The molecule has 1 aliphatic carbocycles. The standard InChI is InChI=1S/C21H32O5S/c1-18-11-13-19(14-12-18)27(22,23)26-20-10-8-6-4-2-3-5-7-9-15-21(20)24-16-17-25-21/h11-14,20H,2-10,15-17H2,1H3. The number of rotatable bonds is 3. The average Bonchev–Trinajstić information content (AvgIpc) is 3.11. The van der Waals surface area contributed by atoms with E-state index in [2.05, 4.69) is 0 Å². The summed E-state index contributed by atoms with van der Waals surface area (Å²) in [6.07, 6.45) is 9.72. The Balaban J connectivity index is 1.80. The summed E-state index contributed by atoms with van der Waals surface area (Å²) < 4.78 is 43.5. The van der Waals surface area contributed by atoms with Crippen molar-refractivity contribution in [2.45, 2.75) is 87.9 Å². The van der Waals surface area contributed by atoms with E-state index in [1.165, 1.54) is 25.7 Å². The highest BCUT2D eigenvalue weighted by Gasteiger charge is 2.46. The Kier molecular flexibility index (Phi) is 7.31. The first-order valence-electron chi connectivity index (χ1n) is 10.3. The van der Waals surface area contributed by atoms with Gasteiger partial charge in [-0.1, -0.05) is 62.6 Å². The van der Waals surface area contributed by atoms with Crippen molar-refractivity contribution in [1.82, 2.24) is 0 Å². The molecule has 6 heteroatoms. The van der Waals surface area contributed by atoms with Crippen molar-refractivity contribution in [3.8, 4) is 0 Å². The van der Waals surface area contributed by atoms with E-state index in [0.29, 0.717) is 26.1 Å². The molecule has 5 nitrogen and oxygen atoms in total. The Morgan fingerprint density at radius 3 is 2.07 bits per heavy atom. The molecular formula is C21H32O5S. The lowest BCUT2D eigenvalue weighted by Crippen LogP contribution is -2.46. The molecule has 27 heavy (non-hydrogen) atoms. The molecule has 1 aromatic carbocycles. The van der Waals surface area contributed by atoms with Crippen molar-refractivity contribution in [3.05, 3.63) is 29.8 Å². The van der Waals surface area contributed by atoms with Crippen LogP contribution in [0.4, 0.5) is 0 Å². The Bertz CT molecular complexity index is 677. The maximum atomic E-state index is 12.9. The second-order valence-corrected chi connectivity index (χ2v) is 9.30. The van der Waals surface area contributed by atoms with Crippen molar-refractivity contribution in [2.75, 3.05) is 13.2 Å². The van der Waals surface area contributed by atoms with Crippen molar-refractivity contribution < 1.29 is 22.1 Å². The van der Waals surface area contributed by atoms with Crippen LogP contribution in [0.25, 0.3) is 0 Å². The zero-order valence-corrected chi connectivity index (χ0v) is 17.1. The van der Waals surface area contributed by atoms with Gasteiger partial charge in [-0.25, -0.2) is 0 Å². The van der Waals surface area contributed by atoms with Gasteiger partial charge in [0, 0.05) is 6.42 Å². The van der Waals surface area contributed by atoms with Crippen LogP contribution >= 0.6 is 0 Å². The van der Waals surface area contributed by atoms with Crippen LogP contribution in [-0.4, -0.2) is 33.5 Å². The van der Waals surface area contributed by atoms with Gasteiger partial charge in [0.1, 0.15) is 6.10 Å². The first-order valence-corrected chi connectivity index (χ1v) is 11.7. The minimum Gasteiger partial charge on any atom is -0.345 e. The number of hydrogen-bond donors (Lipinski definition) is 0. The first kappa shape index (κ1) is 20.8. The van der Waals surface area contributed by atoms with E-state index in [-0.39, 0.29) is 4.90 Å². The van der Waals surface area contributed by atoms with E-state index in [0.717, 1.165) is 31.2 Å². The van der Waals surface area contributed by atoms with Gasteiger partial charge in [-0.2, -0.15) is 8.42 Å². The molecule has 1 heterocycles. The Morgan fingerprint density at radius 1 is 0.889 bits per heavy atom. The maximum absolute atomic E-state index is 12.9. The SMILES string of the molecule is Cc1ccc(S(=O)(=O)OC2CCCCCCCCCCC23OCCO3)cc1. The van der Waals surface area contributed by atoms with Gasteiger partial charge in [-0.15, -0.1) is 0 Å². The monoisotopic (exact) mass is 396 g/mol. The minimum atomic E-state index is -3.87. The largest absolute Gasteiger partial charge is 0.345 e. The second-order valence-electron chi connectivity index (χ2n) is 7.73. The number of benzene rings is 1. The predicted molar refractivity (Wildman–Crippen MR) is 104 cm³/mol. The van der Waals surface area contributed by atoms with Crippen molar-refractivity contribution in [3.63, 3.8) is 0 Å². The van der Waals surface area contributed by atoms with Crippen molar-refractivity contribution >= 4 is 10.1 Å². The Hall–Kier alpha value is -0.950. The zero-order valence-electron chi connectivity index (χ0n) is 16.3. The van der Waals surface area contributed by atoms with Crippen molar-refractivity contribution in [1.29, 1.82) is 0 Å². The summed E-state index contributed by atoms with van der Waals surface area (Å²) in [5.74, 6) is -0.934. The summed E-state index contributed by atoms with van der Waals surface area (Å²) >= 11 is 0. The molecule has 2 fully saturated rings. The van der Waals surface area contributed by atoms with E-state index in [9.17, 15) is 8.42 Å². The van der Waals surface area contributed by atoms with Gasteiger partial charge in [0.15, 0.2) is 5.79 Å². The van der Waals surface area contributed by atoms with E-state index >= 15 is 0 Å². The van der Waals surface area contributed by atoms with E-state index < -0.39 is 22.0 Å².